The maximum absolute atomic E-state index is 12.7. The van der Waals surface area contributed by atoms with Gasteiger partial charge in [0.05, 0.1) is 13.2 Å². The van der Waals surface area contributed by atoms with Crippen molar-refractivity contribution in [3.63, 3.8) is 0 Å². The molecule has 0 amide bonds. The first-order valence-corrected chi connectivity index (χ1v) is 21.0. The fraction of sp³-hybridized carbons (Fsp3) is 0.689. The van der Waals surface area contributed by atoms with Crippen molar-refractivity contribution >= 4 is 11.9 Å². The molecule has 1 heterocycles. The molecule has 0 spiro atoms. The van der Waals surface area contributed by atoms with Crippen LogP contribution < -0.4 is 0 Å². The van der Waals surface area contributed by atoms with Gasteiger partial charge < -0.3 is 39.4 Å². The molecular weight excluding hydrogens is 700 g/mol. The largest absolute Gasteiger partial charge is 0.462 e. The summed E-state index contributed by atoms with van der Waals surface area (Å²) in [5, 5.41) is 40.0. The van der Waals surface area contributed by atoms with Crippen molar-refractivity contribution in [3.05, 3.63) is 72.9 Å². The third-order valence-corrected chi connectivity index (χ3v) is 9.09. The Morgan fingerprint density at radius 2 is 1.02 bits per heavy atom. The average molecular weight is 775 g/mol. The Bertz CT molecular complexity index is 1120. The minimum Gasteiger partial charge on any atom is -0.462 e. The smallest absolute Gasteiger partial charge is 0.306 e. The molecule has 0 aromatic heterocycles. The Hall–Kier alpha value is -2.86. The van der Waals surface area contributed by atoms with Crippen LogP contribution in [0.25, 0.3) is 0 Å². The summed E-state index contributed by atoms with van der Waals surface area (Å²) in [5.74, 6) is -0.855. The van der Waals surface area contributed by atoms with E-state index in [9.17, 15) is 30.0 Å². The Kier molecular flexibility index (Phi) is 32.4. The molecule has 6 unspecified atom stereocenters. The maximum Gasteiger partial charge on any atom is 0.306 e. The molecule has 1 fully saturated rings. The average Bonchev–Trinajstić information content (AvgIpc) is 3.18. The van der Waals surface area contributed by atoms with Gasteiger partial charge in [0, 0.05) is 12.8 Å². The van der Waals surface area contributed by atoms with Gasteiger partial charge in [-0.2, -0.15) is 0 Å². The third kappa shape index (κ3) is 27.4. The number of hydrogen-bond acceptors (Lipinski definition) is 10. The molecule has 6 atom stereocenters. The molecule has 0 aliphatic carbocycles. The van der Waals surface area contributed by atoms with Gasteiger partial charge in [0.25, 0.3) is 0 Å². The molecule has 1 rings (SSSR count). The van der Waals surface area contributed by atoms with Crippen molar-refractivity contribution in [1.29, 1.82) is 0 Å². The summed E-state index contributed by atoms with van der Waals surface area (Å²) in [7, 11) is 0. The van der Waals surface area contributed by atoms with Crippen LogP contribution in [-0.4, -0.2) is 89.0 Å². The molecule has 1 aliphatic rings. The Balaban J connectivity index is 2.39. The first-order chi connectivity index (χ1) is 26.8. The van der Waals surface area contributed by atoms with Crippen LogP contribution in [0.5, 0.6) is 0 Å². The van der Waals surface area contributed by atoms with Gasteiger partial charge in [0.1, 0.15) is 31.0 Å². The highest BCUT2D eigenvalue weighted by atomic mass is 16.7. The van der Waals surface area contributed by atoms with E-state index in [-0.39, 0.29) is 26.1 Å². The summed E-state index contributed by atoms with van der Waals surface area (Å²) in [6, 6.07) is 0. The summed E-state index contributed by atoms with van der Waals surface area (Å²) < 4.78 is 22.1. The van der Waals surface area contributed by atoms with Crippen LogP contribution in [0.15, 0.2) is 72.9 Å². The SMILES string of the molecule is CC/C=C/C/C=C/C/C=C/CCCCCCCC(=O)OCC(COC1OC(CO)C(O)C(O)C1O)OC(=O)CCCCCCC/C=C/C/C=C/C/C=C/CC. The number of rotatable bonds is 33. The van der Waals surface area contributed by atoms with Gasteiger partial charge in [-0.25, -0.2) is 0 Å². The lowest BCUT2D eigenvalue weighted by Gasteiger charge is -2.39. The number of ether oxygens (including phenoxy) is 4. The highest BCUT2D eigenvalue weighted by Gasteiger charge is 2.44. The summed E-state index contributed by atoms with van der Waals surface area (Å²) in [6.45, 7) is 3.14. The van der Waals surface area contributed by atoms with Crippen molar-refractivity contribution in [2.75, 3.05) is 19.8 Å². The van der Waals surface area contributed by atoms with Crippen LogP contribution in [-0.2, 0) is 28.5 Å². The van der Waals surface area contributed by atoms with Gasteiger partial charge in [-0.05, 0) is 77.0 Å². The van der Waals surface area contributed by atoms with E-state index in [0.717, 1.165) is 103 Å². The Morgan fingerprint density at radius 3 is 1.53 bits per heavy atom. The van der Waals surface area contributed by atoms with Crippen LogP contribution in [0.3, 0.4) is 0 Å². The number of unbranched alkanes of at least 4 members (excludes halogenated alkanes) is 10. The number of aliphatic hydroxyl groups excluding tert-OH is 4. The normalized spacial score (nSPS) is 21.3. The first-order valence-electron chi connectivity index (χ1n) is 21.0. The number of hydrogen-bond donors (Lipinski definition) is 4. The van der Waals surface area contributed by atoms with Gasteiger partial charge >= 0.3 is 11.9 Å². The molecule has 10 heteroatoms. The topological polar surface area (TPSA) is 152 Å². The summed E-state index contributed by atoms with van der Waals surface area (Å²) in [5.41, 5.74) is 0. The molecule has 10 nitrogen and oxygen atoms in total. The van der Waals surface area contributed by atoms with E-state index in [1.165, 1.54) is 0 Å². The molecule has 1 aliphatic heterocycles. The standard InChI is InChI=1S/C45H74O10/c1-3-5-7-9-11-13-15-17-19-21-23-25-27-29-31-33-40(47)52-36-38(37-53-45-44(51)43(50)42(49)39(35-46)55-45)54-41(48)34-32-30-28-26-24-22-20-18-16-14-12-10-8-6-4-2/h5-8,11-14,17-20,38-39,42-46,49-51H,3-4,9-10,15-16,21-37H2,1-2H3/b7-5+,8-6+,13-11+,14-12+,19-17+,20-18+. The van der Waals surface area contributed by atoms with Crippen LogP contribution >= 0.6 is 0 Å². The number of esters is 2. The maximum atomic E-state index is 12.7. The summed E-state index contributed by atoms with van der Waals surface area (Å²) >= 11 is 0. The second-order valence-corrected chi connectivity index (χ2v) is 14.0. The molecule has 4 N–H and O–H groups in total. The van der Waals surface area contributed by atoms with Crippen LogP contribution in [0.4, 0.5) is 0 Å². The summed E-state index contributed by atoms with van der Waals surface area (Å²) in [4.78, 5) is 25.3. The second-order valence-electron chi connectivity index (χ2n) is 14.0. The minimum absolute atomic E-state index is 0.202. The molecule has 1 saturated heterocycles. The number of carbonyl (C=O) groups excluding carboxylic acids is 2. The van der Waals surface area contributed by atoms with E-state index in [1.54, 1.807) is 0 Å². The fourth-order valence-electron chi connectivity index (χ4n) is 5.80. The summed E-state index contributed by atoms with van der Waals surface area (Å²) in [6.07, 6.45) is 36.2. The molecule has 314 valence electrons. The first kappa shape index (κ1) is 50.2. The lowest BCUT2D eigenvalue weighted by atomic mass is 9.99. The molecule has 0 saturated carbocycles. The van der Waals surface area contributed by atoms with Gasteiger partial charge in [-0.1, -0.05) is 125 Å². The zero-order chi connectivity index (χ0) is 40.2. The zero-order valence-electron chi connectivity index (χ0n) is 33.9. The van der Waals surface area contributed by atoms with E-state index in [4.69, 9.17) is 18.9 Å². The lowest BCUT2D eigenvalue weighted by molar-refractivity contribution is -0.305. The molecule has 55 heavy (non-hydrogen) atoms. The van der Waals surface area contributed by atoms with Gasteiger partial charge in [0.15, 0.2) is 12.4 Å². The van der Waals surface area contributed by atoms with Crippen molar-refractivity contribution in [3.8, 4) is 0 Å². The van der Waals surface area contributed by atoms with Gasteiger partial charge in [0.2, 0.25) is 0 Å². The van der Waals surface area contributed by atoms with E-state index in [2.05, 4.69) is 86.8 Å². The van der Waals surface area contributed by atoms with E-state index in [1.807, 2.05) is 0 Å². The van der Waals surface area contributed by atoms with Gasteiger partial charge in [-0.15, -0.1) is 0 Å². The zero-order valence-corrected chi connectivity index (χ0v) is 33.9. The van der Waals surface area contributed by atoms with Crippen molar-refractivity contribution in [2.45, 2.75) is 179 Å². The van der Waals surface area contributed by atoms with Crippen LogP contribution in [0, 0.1) is 0 Å². The Morgan fingerprint density at radius 1 is 0.564 bits per heavy atom. The predicted molar refractivity (Wildman–Crippen MR) is 219 cm³/mol. The molecule has 0 radical (unpaired) electrons. The quantitative estimate of drug-likeness (QED) is 0.0291. The van der Waals surface area contributed by atoms with Crippen LogP contribution in [0.1, 0.15) is 142 Å². The third-order valence-electron chi connectivity index (χ3n) is 9.09. The fourth-order valence-corrected chi connectivity index (χ4v) is 5.80. The van der Waals surface area contributed by atoms with E-state index in [0.29, 0.717) is 12.8 Å². The molecule has 0 bridgehead atoms. The number of allylic oxidation sites excluding steroid dienone is 12. The minimum atomic E-state index is -1.60. The van der Waals surface area contributed by atoms with Crippen molar-refractivity contribution in [1.82, 2.24) is 0 Å². The monoisotopic (exact) mass is 775 g/mol. The predicted octanol–water partition coefficient (Wildman–Crippen LogP) is 8.44. The molecule has 0 aromatic rings. The lowest BCUT2D eigenvalue weighted by Crippen LogP contribution is -2.59. The number of aliphatic hydroxyl groups is 4. The van der Waals surface area contributed by atoms with E-state index < -0.39 is 55.4 Å². The van der Waals surface area contributed by atoms with Crippen LogP contribution in [0.2, 0.25) is 0 Å². The van der Waals surface area contributed by atoms with E-state index >= 15 is 0 Å². The Labute approximate surface area is 332 Å². The number of carbonyl (C=O) groups is 2. The second kappa shape index (κ2) is 35.5. The van der Waals surface area contributed by atoms with Crippen molar-refractivity contribution in [2.24, 2.45) is 0 Å². The molecular formula is C45H74O10. The highest BCUT2D eigenvalue weighted by molar-refractivity contribution is 5.70. The molecule has 0 aromatic carbocycles. The van der Waals surface area contributed by atoms with Crippen molar-refractivity contribution < 1.29 is 49.0 Å². The highest BCUT2D eigenvalue weighted by Crippen LogP contribution is 2.22. The van der Waals surface area contributed by atoms with Gasteiger partial charge in [-0.3, -0.25) is 9.59 Å².